The summed E-state index contributed by atoms with van der Waals surface area (Å²) < 4.78 is 23.7. The fraction of sp³-hybridized carbons (Fsp3) is 0.455. The molecule has 0 radical (unpaired) electrons. The number of rotatable bonds is 4. The van der Waals surface area contributed by atoms with Crippen LogP contribution < -0.4 is 9.47 Å². The topological polar surface area (TPSA) is 38.7 Å². The van der Waals surface area contributed by atoms with Gasteiger partial charge in [-0.2, -0.15) is 0 Å². The maximum atomic E-state index is 13.6. The second-order valence-corrected chi connectivity index (χ2v) is 3.14. The lowest BCUT2D eigenvalue weighted by Gasteiger charge is -2.12. The summed E-state index contributed by atoms with van der Waals surface area (Å²) in [6.45, 7) is 3.81. The zero-order valence-electron chi connectivity index (χ0n) is 9.08. The smallest absolute Gasteiger partial charge is 0.171 e. The first-order valence-electron chi connectivity index (χ1n) is 4.78. The molecule has 0 aromatic heterocycles. The van der Waals surface area contributed by atoms with Crippen molar-refractivity contribution in [3.63, 3.8) is 0 Å². The van der Waals surface area contributed by atoms with Crippen LogP contribution in [0.1, 0.15) is 25.5 Å². The van der Waals surface area contributed by atoms with E-state index in [4.69, 9.17) is 9.47 Å². The molecule has 1 atom stereocenters. The Morgan fingerprint density at radius 3 is 2.60 bits per heavy atom. The fourth-order valence-electron chi connectivity index (χ4n) is 1.30. The molecule has 1 rings (SSSR count). The van der Waals surface area contributed by atoms with E-state index in [2.05, 4.69) is 0 Å². The van der Waals surface area contributed by atoms with E-state index in [-0.39, 0.29) is 11.3 Å². The van der Waals surface area contributed by atoms with Gasteiger partial charge in [-0.1, -0.05) is 0 Å². The van der Waals surface area contributed by atoms with Crippen molar-refractivity contribution >= 4 is 0 Å². The highest BCUT2D eigenvalue weighted by atomic mass is 19.1. The van der Waals surface area contributed by atoms with Crippen LogP contribution in [0.3, 0.4) is 0 Å². The molecule has 0 heterocycles. The predicted octanol–water partition coefficient (Wildman–Crippen LogP) is 2.29. The van der Waals surface area contributed by atoms with Gasteiger partial charge in [0.2, 0.25) is 0 Å². The van der Waals surface area contributed by atoms with Crippen molar-refractivity contribution in [2.75, 3.05) is 13.7 Å². The Morgan fingerprint density at radius 2 is 2.13 bits per heavy atom. The van der Waals surface area contributed by atoms with Crippen LogP contribution in [0.2, 0.25) is 0 Å². The summed E-state index contributed by atoms with van der Waals surface area (Å²) >= 11 is 0. The number of ether oxygens (including phenoxy) is 2. The number of halogens is 1. The summed E-state index contributed by atoms with van der Waals surface area (Å²) in [5.41, 5.74) is 0.179. The SMILES string of the molecule is CCOc1cc(OC)c(F)c(C(C)O)c1. The molecular weight excluding hydrogens is 199 g/mol. The van der Waals surface area contributed by atoms with Crippen LogP contribution in [0.5, 0.6) is 11.5 Å². The molecule has 0 fully saturated rings. The molecule has 0 amide bonds. The fourth-order valence-corrected chi connectivity index (χ4v) is 1.30. The lowest BCUT2D eigenvalue weighted by Crippen LogP contribution is -2.01. The van der Waals surface area contributed by atoms with Crippen LogP contribution in [0.25, 0.3) is 0 Å². The van der Waals surface area contributed by atoms with Gasteiger partial charge in [-0.05, 0) is 19.9 Å². The molecule has 4 heteroatoms. The Balaban J connectivity index is 3.19. The Hall–Kier alpha value is -1.29. The number of hydrogen-bond donors (Lipinski definition) is 1. The normalized spacial score (nSPS) is 12.3. The van der Waals surface area contributed by atoms with Gasteiger partial charge in [-0.3, -0.25) is 0 Å². The quantitative estimate of drug-likeness (QED) is 0.835. The van der Waals surface area contributed by atoms with Crippen molar-refractivity contribution in [2.24, 2.45) is 0 Å². The zero-order chi connectivity index (χ0) is 11.4. The predicted molar refractivity (Wildman–Crippen MR) is 54.8 cm³/mol. The highest BCUT2D eigenvalue weighted by Crippen LogP contribution is 2.30. The standard InChI is InChI=1S/C11H15FO3/c1-4-15-8-5-9(7(2)13)11(12)10(6-8)14-3/h5-7,13H,4H2,1-3H3. The van der Waals surface area contributed by atoms with E-state index in [1.165, 1.54) is 26.2 Å². The van der Waals surface area contributed by atoms with Crippen LogP contribution in [-0.2, 0) is 0 Å². The van der Waals surface area contributed by atoms with Crippen LogP contribution in [-0.4, -0.2) is 18.8 Å². The van der Waals surface area contributed by atoms with Crippen LogP contribution in [0.4, 0.5) is 4.39 Å². The third-order valence-corrected chi connectivity index (χ3v) is 2.02. The van der Waals surface area contributed by atoms with E-state index in [1.54, 1.807) is 0 Å². The average Bonchev–Trinajstić information content (AvgIpc) is 2.20. The van der Waals surface area contributed by atoms with E-state index in [0.717, 1.165) is 0 Å². The zero-order valence-corrected chi connectivity index (χ0v) is 9.08. The minimum Gasteiger partial charge on any atom is -0.494 e. The van der Waals surface area contributed by atoms with Crippen LogP contribution >= 0.6 is 0 Å². The Bertz CT molecular complexity index is 337. The molecule has 0 aliphatic carbocycles. The molecule has 0 aliphatic heterocycles. The third-order valence-electron chi connectivity index (χ3n) is 2.02. The summed E-state index contributed by atoms with van der Waals surface area (Å²) in [6.07, 6.45) is -0.890. The van der Waals surface area contributed by atoms with Gasteiger partial charge < -0.3 is 14.6 Å². The number of aliphatic hydroxyl groups is 1. The number of aliphatic hydroxyl groups excluding tert-OH is 1. The van der Waals surface area contributed by atoms with Gasteiger partial charge in [-0.15, -0.1) is 0 Å². The second kappa shape index (κ2) is 4.98. The highest BCUT2D eigenvalue weighted by molar-refractivity contribution is 5.40. The molecule has 0 spiro atoms. The molecule has 1 unspecified atom stereocenters. The summed E-state index contributed by atoms with van der Waals surface area (Å²) in [4.78, 5) is 0. The Morgan fingerprint density at radius 1 is 1.47 bits per heavy atom. The molecule has 3 nitrogen and oxygen atoms in total. The first-order valence-corrected chi connectivity index (χ1v) is 4.78. The molecule has 1 N–H and O–H groups in total. The molecule has 0 bridgehead atoms. The maximum Gasteiger partial charge on any atom is 0.171 e. The largest absolute Gasteiger partial charge is 0.494 e. The average molecular weight is 214 g/mol. The molecule has 15 heavy (non-hydrogen) atoms. The van der Waals surface area contributed by atoms with E-state index in [1.807, 2.05) is 6.92 Å². The summed E-state index contributed by atoms with van der Waals surface area (Å²) in [5.74, 6) is 0.0273. The molecule has 0 aliphatic rings. The van der Waals surface area contributed by atoms with E-state index < -0.39 is 11.9 Å². The Kier molecular flexibility index (Phi) is 3.91. The minimum atomic E-state index is -0.890. The van der Waals surface area contributed by atoms with Gasteiger partial charge in [0, 0.05) is 11.6 Å². The van der Waals surface area contributed by atoms with E-state index in [9.17, 15) is 9.50 Å². The first-order chi connectivity index (χ1) is 7.10. The van der Waals surface area contributed by atoms with Crippen LogP contribution in [0.15, 0.2) is 12.1 Å². The number of methoxy groups -OCH3 is 1. The molecule has 84 valence electrons. The van der Waals surface area contributed by atoms with Gasteiger partial charge in [0.15, 0.2) is 11.6 Å². The second-order valence-electron chi connectivity index (χ2n) is 3.14. The number of hydrogen-bond acceptors (Lipinski definition) is 3. The van der Waals surface area contributed by atoms with Gasteiger partial charge in [0.05, 0.1) is 19.8 Å². The molecular formula is C11H15FO3. The lowest BCUT2D eigenvalue weighted by molar-refractivity contribution is 0.191. The van der Waals surface area contributed by atoms with Crippen molar-refractivity contribution in [2.45, 2.75) is 20.0 Å². The van der Waals surface area contributed by atoms with Gasteiger partial charge >= 0.3 is 0 Å². The van der Waals surface area contributed by atoms with Gasteiger partial charge in [0.25, 0.3) is 0 Å². The van der Waals surface area contributed by atoms with Gasteiger partial charge in [-0.25, -0.2) is 4.39 Å². The van der Waals surface area contributed by atoms with Gasteiger partial charge in [0.1, 0.15) is 5.75 Å². The minimum absolute atomic E-state index is 0.0804. The molecule has 0 saturated heterocycles. The summed E-state index contributed by atoms with van der Waals surface area (Å²) in [6, 6.07) is 2.94. The van der Waals surface area contributed by atoms with Crippen molar-refractivity contribution in [3.8, 4) is 11.5 Å². The third kappa shape index (κ3) is 2.59. The lowest BCUT2D eigenvalue weighted by atomic mass is 10.1. The number of benzene rings is 1. The Labute approximate surface area is 88.4 Å². The van der Waals surface area contributed by atoms with E-state index in [0.29, 0.717) is 12.4 Å². The summed E-state index contributed by atoms with van der Waals surface area (Å²) in [7, 11) is 1.37. The maximum absolute atomic E-state index is 13.6. The van der Waals surface area contributed by atoms with Crippen molar-refractivity contribution in [1.82, 2.24) is 0 Å². The van der Waals surface area contributed by atoms with Crippen molar-refractivity contribution in [3.05, 3.63) is 23.5 Å². The van der Waals surface area contributed by atoms with E-state index >= 15 is 0 Å². The summed E-state index contributed by atoms with van der Waals surface area (Å²) in [5, 5.41) is 9.37. The molecule has 0 saturated carbocycles. The highest BCUT2D eigenvalue weighted by Gasteiger charge is 2.15. The van der Waals surface area contributed by atoms with Crippen molar-refractivity contribution < 1.29 is 19.0 Å². The monoisotopic (exact) mass is 214 g/mol. The molecule has 1 aromatic carbocycles. The van der Waals surface area contributed by atoms with Crippen LogP contribution in [0, 0.1) is 5.82 Å². The molecule has 1 aromatic rings. The van der Waals surface area contributed by atoms with Crippen molar-refractivity contribution in [1.29, 1.82) is 0 Å². The first kappa shape index (κ1) is 11.8.